The van der Waals surface area contributed by atoms with Gasteiger partial charge < -0.3 is 5.73 Å². The average molecular weight is 213 g/mol. The molecule has 0 atom stereocenters. The second-order valence-corrected chi connectivity index (χ2v) is 5.33. The van der Waals surface area contributed by atoms with Crippen LogP contribution in [-0.2, 0) is 16.3 Å². The standard InChI is InChI=1S/C10H15NO2S/c1-14(12,13)10-6-2-4-9(8-10)5-3-7-11/h2,4,6,8H,3,5,7,11H2,1H3. The number of nitrogens with two attached hydrogens (primary N) is 1. The minimum Gasteiger partial charge on any atom is -0.330 e. The molecular weight excluding hydrogens is 198 g/mol. The van der Waals surface area contributed by atoms with Crippen molar-refractivity contribution >= 4 is 9.84 Å². The van der Waals surface area contributed by atoms with Crippen LogP contribution < -0.4 is 5.73 Å². The molecule has 0 saturated carbocycles. The summed E-state index contributed by atoms with van der Waals surface area (Å²) in [7, 11) is -3.08. The summed E-state index contributed by atoms with van der Waals surface area (Å²) in [6.07, 6.45) is 2.93. The van der Waals surface area contributed by atoms with Crippen LogP contribution in [0.4, 0.5) is 0 Å². The predicted octanol–water partition coefficient (Wildman–Crippen LogP) is 0.981. The molecule has 4 heteroatoms. The summed E-state index contributed by atoms with van der Waals surface area (Å²) in [6.45, 7) is 0.628. The Labute approximate surface area is 84.9 Å². The molecule has 0 saturated heterocycles. The average Bonchev–Trinajstić information content (AvgIpc) is 2.14. The molecule has 0 spiro atoms. The molecule has 0 fully saturated rings. The number of aryl methyl sites for hydroxylation is 1. The van der Waals surface area contributed by atoms with Crippen molar-refractivity contribution in [3.63, 3.8) is 0 Å². The number of benzene rings is 1. The van der Waals surface area contributed by atoms with Crippen LogP contribution in [0, 0.1) is 0 Å². The summed E-state index contributed by atoms with van der Waals surface area (Å²) >= 11 is 0. The highest BCUT2D eigenvalue weighted by Crippen LogP contribution is 2.12. The van der Waals surface area contributed by atoms with E-state index < -0.39 is 9.84 Å². The Morgan fingerprint density at radius 2 is 2.07 bits per heavy atom. The highest BCUT2D eigenvalue weighted by molar-refractivity contribution is 7.90. The molecule has 0 unspecified atom stereocenters. The van der Waals surface area contributed by atoms with Crippen molar-refractivity contribution in [2.45, 2.75) is 17.7 Å². The fourth-order valence-corrected chi connectivity index (χ4v) is 1.93. The van der Waals surface area contributed by atoms with E-state index in [4.69, 9.17) is 5.73 Å². The molecule has 1 rings (SSSR count). The van der Waals surface area contributed by atoms with Crippen molar-refractivity contribution in [1.29, 1.82) is 0 Å². The largest absolute Gasteiger partial charge is 0.330 e. The van der Waals surface area contributed by atoms with Gasteiger partial charge >= 0.3 is 0 Å². The zero-order valence-corrected chi connectivity index (χ0v) is 9.05. The van der Waals surface area contributed by atoms with E-state index in [0.717, 1.165) is 18.4 Å². The minimum absolute atomic E-state index is 0.382. The first-order valence-corrected chi connectivity index (χ1v) is 6.42. The third kappa shape index (κ3) is 3.12. The van der Waals surface area contributed by atoms with Crippen molar-refractivity contribution in [1.82, 2.24) is 0 Å². The summed E-state index contributed by atoms with van der Waals surface area (Å²) in [6, 6.07) is 7.01. The summed E-state index contributed by atoms with van der Waals surface area (Å²) in [5.74, 6) is 0. The first-order valence-electron chi connectivity index (χ1n) is 4.53. The van der Waals surface area contributed by atoms with Crippen molar-refractivity contribution in [2.24, 2.45) is 5.73 Å². The molecule has 0 amide bonds. The Bertz CT molecular complexity index is 398. The number of rotatable bonds is 4. The quantitative estimate of drug-likeness (QED) is 0.811. The Hall–Kier alpha value is -0.870. The first-order chi connectivity index (χ1) is 6.54. The van der Waals surface area contributed by atoms with Gasteiger partial charge in [0.25, 0.3) is 0 Å². The molecule has 1 aromatic rings. The molecule has 14 heavy (non-hydrogen) atoms. The highest BCUT2D eigenvalue weighted by atomic mass is 32.2. The maximum absolute atomic E-state index is 11.2. The third-order valence-corrected chi connectivity index (χ3v) is 3.11. The molecule has 0 aromatic heterocycles. The van der Waals surface area contributed by atoms with Crippen molar-refractivity contribution in [2.75, 3.05) is 12.8 Å². The van der Waals surface area contributed by atoms with E-state index >= 15 is 0 Å². The molecular formula is C10H15NO2S. The fourth-order valence-electron chi connectivity index (χ4n) is 1.24. The number of sulfone groups is 1. The van der Waals surface area contributed by atoms with Crippen molar-refractivity contribution < 1.29 is 8.42 Å². The van der Waals surface area contributed by atoms with Gasteiger partial charge in [0, 0.05) is 6.26 Å². The van der Waals surface area contributed by atoms with Crippen LogP contribution in [-0.4, -0.2) is 21.2 Å². The topological polar surface area (TPSA) is 60.2 Å². The SMILES string of the molecule is CS(=O)(=O)c1cccc(CCCN)c1. The molecule has 2 N–H and O–H groups in total. The summed E-state index contributed by atoms with van der Waals surface area (Å²) in [4.78, 5) is 0.382. The molecule has 0 aliphatic carbocycles. The third-order valence-electron chi connectivity index (χ3n) is 2.00. The summed E-state index contributed by atoms with van der Waals surface area (Å²) in [5, 5.41) is 0. The van der Waals surface area contributed by atoms with Crippen molar-refractivity contribution in [3.05, 3.63) is 29.8 Å². The van der Waals surface area contributed by atoms with E-state index in [1.54, 1.807) is 18.2 Å². The molecule has 1 aromatic carbocycles. The molecule has 0 radical (unpaired) electrons. The Morgan fingerprint density at radius 3 is 2.64 bits per heavy atom. The first kappa shape index (κ1) is 11.2. The van der Waals surface area contributed by atoms with Crippen LogP contribution in [0.1, 0.15) is 12.0 Å². The highest BCUT2D eigenvalue weighted by Gasteiger charge is 2.06. The minimum atomic E-state index is -3.08. The number of hydrogen-bond acceptors (Lipinski definition) is 3. The second kappa shape index (κ2) is 4.57. The summed E-state index contributed by atoms with van der Waals surface area (Å²) in [5.41, 5.74) is 6.41. The smallest absolute Gasteiger partial charge is 0.175 e. The lowest BCUT2D eigenvalue weighted by Gasteiger charge is -2.02. The van der Waals surface area contributed by atoms with Crippen LogP contribution in [0.25, 0.3) is 0 Å². The van der Waals surface area contributed by atoms with E-state index in [2.05, 4.69) is 0 Å². The molecule has 0 aliphatic rings. The fraction of sp³-hybridized carbons (Fsp3) is 0.400. The summed E-state index contributed by atoms with van der Waals surface area (Å²) < 4.78 is 22.5. The van der Waals surface area contributed by atoms with Gasteiger partial charge in [-0.2, -0.15) is 0 Å². The van der Waals surface area contributed by atoms with Gasteiger partial charge in [-0.3, -0.25) is 0 Å². The Kier molecular flexibility index (Phi) is 3.66. The zero-order valence-electron chi connectivity index (χ0n) is 8.23. The van der Waals surface area contributed by atoms with Gasteiger partial charge in [-0.1, -0.05) is 12.1 Å². The lowest BCUT2D eigenvalue weighted by Crippen LogP contribution is -2.02. The van der Waals surface area contributed by atoms with E-state index in [9.17, 15) is 8.42 Å². The van der Waals surface area contributed by atoms with Gasteiger partial charge in [0.05, 0.1) is 4.90 Å². The Morgan fingerprint density at radius 1 is 1.36 bits per heavy atom. The van der Waals surface area contributed by atoms with Gasteiger partial charge in [0.1, 0.15) is 0 Å². The monoisotopic (exact) mass is 213 g/mol. The molecule has 0 bridgehead atoms. The van der Waals surface area contributed by atoms with E-state index in [-0.39, 0.29) is 0 Å². The molecule has 3 nitrogen and oxygen atoms in total. The van der Waals surface area contributed by atoms with E-state index in [0.29, 0.717) is 11.4 Å². The van der Waals surface area contributed by atoms with Gasteiger partial charge in [-0.15, -0.1) is 0 Å². The zero-order chi connectivity index (χ0) is 10.6. The predicted molar refractivity (Wildman–Crippen MR) is 56.9 cm³/mol. The van der Waals surface area contributed by atoms with Gasteiger partial charge in [-0.25, -0.2) is 8.42 Å². The van der Waals surface area contributed by atoms with Gasteiger partial charge in [-0.05, 0) is 37.1 Å². The van der Waals surface area contributed by atoms with Gasteiger partial charge in [0.2, 0.25) is 0 Å². The maximum atomic E-state index is 11.2. The Balaban J connectivity index is 2.90. The lowest BCUT2D eigenvalue weighted by atomic mass is 10.1. The molecule has 0 heterocycles. The van der Waals surface area contributed by atoms with Crippen LogP contribution in [0.3, 0.4) is 0 Å². The maximum Gasteiger partial charge on any atom is 0.175 e. The molecule has 78 valence electrons. The van der Waals surface area contributed by atoms with Crippen LogP contribution in [0.2, 0.25) is 0 Å². The van der Waals surface area contributed by atoms with Gasteiger partial charge in [0.15, 0.2) is 9.84 Å². The van der Waals surface area contributed by atoms with Crippen LogP contribution in [0.15, 0.2) is 29.2 Å². The molecule has 0 aliphatic heterocycles. The van der Waals surface area contributed by atoms with E-state index in [1.807, 2.05) is 6.07 Å². The number of hydrogen-bond donors (Lipinski definition) is 1. The van der Waals surface area contributed by atoms with Crippen LogP contribution in [0.5, 0.6) is 0 Å². The van der Waals surface area contributed by atoms with Crippen LogP contribution >= 0.6 is 0 Å². The van der Waals surface area contributed by atoms with Crippen molar-refractivity contribution in [3.8, 4) is 0 Å². The second-order valence-electron chi connectivity index (χ2n) is 3.31. The normalized spacial score (nSPS) is 11.6. The lowest BCUT2D eigenvalue weighted by molar-refractivity contribution is 0.601. The van der Waals surface area contributed by atoms with E-state index in [1.165, 1.54) is 6.26 Å².